The molecule has 0 aliphatic rings. The Labute approximate surface area is 242 Å². The molecule has 0 aliphatic carbocycles. The summed E-state index contributed by atoms with van der Waals surface area (Å²) < 4.78 is 17.1. The molecule has 0 aliphatic heterocycles. The average molecular weight is 552 g/mol. The topological polar surface area (TPSA) is 73.9 Å². The predicted molar refractivity (Wildman–Crippen MR) is 161 cm³/mol. The molecule has 4 rings (SSSR count). The Balaban J connectivity index is 1.25. The number of esters is 1. The third kappa shape index (κ3) is 8.70. The Morgan fingerprint density at radius 3 is 2.02 bits per heavy atom. The zero-order chi connectivity index (χ0) is 29.0. The second kappa shape index (κ2) is 14.7. The van der Waals surface area contributed by atoms with Gasteiger partial charge in [-0.2, -0.15) is 0 Å². The number of rotatable bonds is 13. The maximum atomic E-state index is 12.6. The minimum absolute atomic E-state index is 0.146. The van der Waals surface area contributed by atoms with Crippen molar-refractivity contribution in [3.63, 3.8) is 0 Å². The van der Waals surface area contributed by atoms with E-state index in [-0.39, 0.29) is 12.5 Å². The van der Waals surface area contributed by atoms with Gasteiger partial charge in [0.15, 0.2) is 6.10 Å². The Hall–Kier alpha value is -4.58. The van der Waals surface area contributed by atoms with Crippen LogP contribution in [0.5, 0.6) is 11.5 Å². The normalized spacial score (nSPS) is 11.5. The summed E-state index contributed by atoms with van der Waals surface area (Å²) in [6.07, 6.45) is -0.395. The minimum Gasteiger partial charge on any atom is -0.492 e. The number of carbonyl (C=O) groups is 2. The molecule has 0 spiro atoms. The number of ether oxygens (including phenoxy) is 3. The number of carbonyl (C=O) groups excluding carboxylic acids is 2. The van der Waals surface area contributed by atoms with Crippen LogP contribution in [0.25, 0.3) is 11.1 Å². The van der Waals surface area contributed by atoms with Crippen molar-refractivity contribution >= 4 is 11.9 Å². The zero-order valence-corrected chi connectivity index (χ0v) is 23.8. The molecule has 0 fully saturated rings. The van der Waals surface area contributed by atoms with E-state index in [1.54, 1.807) is 6.92 Å². The van der Waals surface area contributed by atoms with E-state index in [2.05, 4.69) is 19.2 Å². The number of hydrogen-bond acceptors (Lipinski definition) is 5. The fourth-order valence-corrected chi connectivity index (χ4v) is 4.32. The smallest absolute Gasteiger partial charge is 0.347 e. The molecule has 0 saturated heterocycles. The molecular formula is C35H37NO5. The summed E-state index contributed by atoms with van der Waals surface area (Å²) in [4.78, 5) is 25.1. The second-order valence-corrected chi connectivity index (χ2v) is 9.98. The molecule has 1 unspecified atom stereocenters. The maximum Gasteiger partial charge on any atom is 0.347 e. The summed E-state index contributed by atoms with van der Waals surface area (Å²) in [6, 6.07) is 32.9. The lowest BCUT2D eigenvalue weighted by Gasteiger charge is -2.18. The number of hydrogen-bond donors (Lipinski definition) is 1. The van der Waals surface area contributed by atoms with Crippen molar-refractivity contribution in [2.75, 3.05) is 19.8 Å². The van der Waals surface area contributed by atoms with Gasteiger partial charge in [-0.1, -0.05) is 80.6 Å². The van der Waals surface area contributed by atoms with Crippen molar-refractivity contribution in [1.29, 1.82) is 0 Å². The highest BCUT2D eigenvalue weighted by Crippen LogP contribution is 2.22. The van der Waals surface area contributed by atoms with E-state index in [4.69, 9.17) is 14.2 Å². The molecule has 0 bridgehead atoms. The first-order valence-electron chi connectivity index (χ1n) is 14.0. The second-order valence-electron chi connectivity index (χ2n) is 9.98. The van der Waals surface area contributed by atoms with Crippen LogP contribution in [0.2, 0.25) is 0 Å². The van der Waals surface area contributed by atoms with Gasteiger partial charge in [-0.05, 0) is 71.5 Å². The summed E-state index contributed by atoms with van der Waals surface area (Å²) in [7, 11) is 0. The summed E-state index contributed by atoms with van der Waals surface area (Å²) in [5, 5.41) is 2.89. The quantitative estimate of drug-likeness (QED) is 0.146. The fraction of sp³-hybridized carbons (Fsp3) is 0.257. The average Bonchev–Trinajstić information content (AvgIpc) is 3.00. The van der Waals surface area contributed by atoms with E-state index in [9.17, 15) is 9.59 Å². The Morgan fingerprint density at radius 1 is 0.756 bits per heavy atom. The molecular weight excluding hydrogens is 514 g/mol. The van der Waals surface area contributed by atoms with Crippen molar-refractivity contribution in [2.45, 2.75) is 39.2 Å². The lowest BCUT2D eigenvalue weighted by molar-refractivity contribution is -0.151. The van der Waals surface area contributed by atoms with E-state index < -0.39 is 12.1 Å². The van der Waals surface area contributed by atoms with Crippen LogP contribution < -0.4 is 14.8 Å². The van der Waals surface area contributed by atoms with Crippen LogP contribution in [0.1, 0.15) is 48.2 Å². The van der Waals surface area contributed by atoms with Crippen LogP contribution in [0, 0.1) is 0 Å². The third-order valence-electron chi connectivity index (χ3n) is 6.63. The Kier molecular flexibility index (Phi) is 10.5. The molecule has 1 amide bonds. The zero-order valence-electron chi connectivity index (χ0n) is 23.8. The van der Waals surface area contributed by atoms with Crippen molar-refractivity contribution < 1.29 is 23.8 Å². The highest BCUT2D eigenvalue weighted by atomic mass is 16.6. The number of nitrogens with one attached hydrogen (secondary N) is 1. The number of amides is 1. The van der Waals surface area contributed by atoms with Gasteiger partial charge in [0.2, 0.25) is 0 Å². The molecule has 0 radical (unpaired) electrons. The van der Waals surface area contributed by atoms with Gasteiger partial charge in [0.05, 0.1) is 13.2 Å². The lowest BCUT2D eigenvalue weighted by atomic mass is 10.0. The van der Waals surface area contributed by atoms with E-state index in [1.807, 2.05) is 103 Å². The van der Waals surface area contributed by atoms with E-state index in [0.29, 0.717) is 42.6 Å². The van der Waals surface area contributed by atoms with Gasteiger partial charge in [0.1, 0.15) is 18.1 Å². The molecule has 4 aromatic carbocycles. The molecule has 1 atom stereocenters. The summed E-state index contributed by atoms with van der Waals surface area (Å²) in [6.45, 7) is 7.03. The van der Waals surface area contributed by atoms with Crippen molar-refractivity contribution in [2.24, 2.45) is 0 Å². The highest BCUT2D eigenvalue weighted by Gasteiger charge is 2.22. The molecule has 0 aromatic heterocycles. The van der Waals surface area contributed by atoms with Gasteiger partial charge in [-0.25, -0.2) is 4.79 Å². The maximum absolute atomic E-state index is 12.6. The Morgan fingerprint density at radius 2 is 1.39 bits per heavy atom. The molecule has 212 valence electrons. The van der Waals surface area contributed by atoms with Gasteiger partial charge in [-0.15, -0.1) is 0 Å². The van der Waals surface area contributed by atoms with Crippen molar-refractivity contribution in [3.05, 3.63) is 120 Å². The lowest BCUT2D eigenvalue weighted by Crippen LogP contribution is -2.31. The first-order valence-corrected chi connectivity index (χ1v) is 14.0. The first kappa shape index (κ1) is 29.4. The third-order valence-corrected chi connectivity index (χ3v) is 6.63. The first-order chi connectivity index (χ1) is 19.9. The van der Waals surface area contributed by atoms with Crippen LogP contribution in [0.4, 0.5) is 0 Å². The number of benzene rings is 4. The molecule has 1 N–H and O–H groups in total. The van der Waals surface area contributed by atoms with E-state index >= 15 is 0 Å². The molecule has 6 heteroatoms. The van der Waals surface area contributed by atoms with Crippen LogP contribution in [0.3, 0.4) is 0 Å². The van der Waals surface area contributed by atoms with Crippen LogP contribution in [0.15, 0.2) is 103 Å². The largest absolute Gasteiger partial charge is 0.492 e. The Bertz CT molecular complexity index is 1380. The van der Waals surface area contributed by atoms with E-state index in [1.165, 1.54) is 5.56 Å². The van der Waals surface area contributed by atoms with Crippen molar-refractivity contribution in [1.82, 2.24) is 5.32 Å². The molecule has 41 heavy (non-hydrogen) atoms. The molecule has 6 nitrogen and oxygen atoms in total. The SMILES string of the molecule is CCOC(=O)C(Cc1ccc(OCCNC(=O)c2ccc(-c3ccccc3)cc2)cc1)Oc1ccc(C(C)C)cc1. The fourth-order valence-electron chi connectivity index (χ4n) is 4.32. The summed E-state index contributed by atoms with van der Waals surface area (Å²) in [5.41, 5.74) is 4.90. The standard InChI is InChI=1S/C35H37NO5/c1-4-39-35(38)33(41-32-20-16-27(17-21-32)25(2)3)24-26-10-18-31(19-11-26)40-23-22-36-34(37)30-14-12-29(13-15-30)28-8-6-5-7-9-28/h5-21,25,33H,4,22-24H2,1-3H3,(H,36,37). The minimum atomic E-state index is -0.761. The molecule has 0 saturated carbocycles. The van der Waals surface area contributed by atoms with Gasteiger partial charge < -0.3 is 19.5 Å². The van der Waals surface area contributed by atoms with Gasteiger partial charge in [0.25, 0.3) is 5.91 Å². The van der Waals surface area contributed by atoms with Crippen molar-refractivity contribution in [3.8, 4) is 22.6 Å². The highest BCUT2D eigenvalue weighted by molar-refractivity contribution is 5.94. The van der Waals surface area contributed by atoms with Crippen LogP contribution in [-0.2, 0) is 16.0 Å². The molecule has 0 heterocycles. The van der Waals surface area contributed by atoms with Crippen LogP contribution in [-0.4, -0.2) is 37.7 Å². The monoisotopic (exact) mass is 551 g/mol. The van der Waals surface area contributed by atoms with Crippen LogP contribution >= 0.6 is 0 Å². The summed E-state index contributed by atoms with van der Waals surface area (Å²) >= 11 is 0. The van der Waals surface area contributed by atoms with Gasteiger partial charge in [0, 0.05) is 12.0 Å². The van der Waals surface area contributed by atoms with E-state index in [0.717, 1.165) is 16.7 Å². The summed E-state index contributed by atoms with van der Waals surface area (Å²) in [5.74, 6) is 1.17. The predicted octanol–water partition coefficient (Wildman–Crippen LogP) is 6.84. The van der Waals surface area contributed by atoms with Gasteiger partial charge in [-0.3, -0.25) is 4.79 Å². The van der Waals surface area contributed by atoms with Gasteiger partial charge >= 0.3 is 5.97 Å². The molecule has 4 aromatic rings.